The van der Waals surface area contributed by atoms with Crippen LogP contribution in [0.5, 0.6) is 0 Å². The van der Waals surface area contributed by atoms with Crippen molar-refractivity contribution in [2.75, 3.05) is 0 Å². The molecule has 0 nitrogen and oxygen atoms in total. The van der Waals surface area contributed by atoms with Crippen molar-refractivity contribution in [2.24, 2.45) is 0 Å². The van der Waals surface area contributed by atoms with E-state index in [1.54, 1.807) is 8.73 Å². The summed E-state index contributed by atoms with van der Waals surface area (Å²) >= 11 is 0.304. The molecular weight excluding hydrogens is 218 g/mol. The van der Waals surface area contributed by atoms with Crippen LogP contribution >= 0.6 is 0 Å². The summed E-state index contributed by atoms with van der Waals surface area (Å²) in [5, 5.41) is 0. The molecule has 0 aromatic carbocycles. The summed E-state index contributed by atoms with van der Waals surface area (Å²) in [6.45, 7) is 4.58. The normalized spacial score (nSPS) is 10.0. The summed E-state index contributed by atoms with van der Waals surface area (Å²) in [5.74, 6) is 0. The van der Waals surface area contributed by atoms with Gasteiger partial charge in [-0.2, -0.15) is 0 Å². The third kappa shape index (κ3) is 8.82. The molecule has 0 aliphatic rings. The predicted octanol–water partition coefficient (Wildman–Crippen LogP) is 3.13. The van der Waals surface area contributed by atoms with Gasteiger partial charge in [0.15, 0.2) is 0 Å². The Kier molecular flexibility index (Phi) is 9.62. The number of hydrogen-bond acceptors (Lipinski definition) is 0. The Morgan fingerprint density at radius 2 is 1.33 bits per heavy atom. The molecule has 0 aliphatic heterocycles. The molecule has 0 bridgehead atoms. The standard InChI is InChI=1S/2C4H9.Sb/c2*1-3-4-2;/h2*1,3-4H2,2H3;. The first-order valence-electron chi connectivity index (χ1n) is 4.05. The van der Waals surface area contributed by atoms with Crippen molar-refractivity contribution in [3.05, 3.63) is 0 Å². The van der Waals surface area contributed by atoms with Crippen molar-refractivity contribution in [2.45, 2.75) is 48.3 Å². The Bertz CT molecular complexity index is 37.8. The van der Waals surface area contributed by atoms with Gasteiger partial charge in [-0.1, -0.05) is 0 Å². The van der Waals surface area contributed by atoms with E-state index in [9.17, 15) is 0 Å². The second-order valence-corrected chi connectivity index (χ2v) is 6.21. The van der Waals surface area contributed by atoms with Crippen LogP contribution in [0.25, 0.3) is 0 Å². The molecule has 0 unspecified atom stereocenters. The molecular formula is C8H18Sb. The molecule has 1 radical (unpaired) electrons. The molecule has 0 atom stereocenters. The van der Waals surface area contributed by atoms with Crippen molar-refractivity contribution < 1.29 is 0 Å². The molecule has 0 rings (SSSR count). The fourth-order valence-electron chi connectivity index (χ4n) is 0.652. The molecule has 0 spiro atoms. The average molecular weight is 236 g/mol. The maximum atomic E-state index is 2.29. The van der Waals surface area contributed by atoms with Gasteiger partial charge in [0.05, 0.1) is 0 Å². The third-order valence-electron chi connectivity index (χ3n) is 1.34. The molecule has 0 N–H and O–H groups in total. The first-order chi connectivity index (χ1) is 4.41. The van der Waals surface area contributed by atoms with Gasteiger partial charge in [0.25, 0.3) is 0 Å². The van der Waals surface area contributed by atoms with Crippen molar-refractivity contribution in [3.63, 3.8) is 0 Å². The SMILES string of the molecule is CCC[CH2][Sb][CH2]CCC. The Labute approximate surface area is 69.9 Å². The van der Waals surface area contributed by atoms with E-state index in [0.717, 1.165) is 0 Å². The second kappa shape index (κ2) is 8.82. The van der Waals surface area contributed by atoms with Gasteiger partial charge < -0.3 is 0 Å². The second-order valence-electron chi connectivity index (χ2n) is 2.38. The van der Waals surface area contributed by atoms with Gasteiger partial charge in [0.2, 0.25) is 0 Å². The van der Waals surface area contributed by atoms with Gasteiger partial charge in [-0.15, -0.1) is 0 Å². The van der Waals surface area contributed by atoms with Gasteiger partial charge in [-0.3, -0.25) is 0 Å². The van der Waals surface area contributed by atoms with Crippen molar-refractivity contribution in [1.29, 1.82) is 0 Å². The van der Waals surface area contributed by atoms with E-state index in [1.165, 1.54) is 25.7 Å². The van der Waals surface area contributed by atoms with E-state index in [1.807, 2.05) is 0 Å². The zero-order chi connectivity index (χ0) is 6.95. The first kappa shape index (κ1) is 9.82. The van der Waals surface area contributed by atoms with Crippen molar-refractivity contribution in [1.82, 2.24) is 0 Å². The quantitative estimate of drug-likeness (QED) is 0.491. The van der Waals surface area contributed by atoms with E-state index in [0.29, 0.717) is 21.6 Å². The molecule has 0 saturated heterocycles. The minimum atomic E-state index is 0.304. The Hall–Kier alpha value is 0.818. The summed E-state index contributed by atoms with van der Waals surface area (Å²) in [7, 11) is 0. The molecule has 0 saturated carbocycles. The van der Waals surface area contributed by atoms with Crippen LogP contribution in [0.1, 0.15) is 39.5 Å². The van der Waals surface area contributed by atoms with Gasteiger partial charge >= 0.3 is 69.9 Å². The summed E-state index contributed by atoms with van der Waals surface area (Å²) in [6.07, 6.45) is 5.81. The molecule has 1 heteroatoms. The number of hydrogen-bond donors (Lipinski definition) is 0. The fourth-order valence-corrected chi connectivity index (χ4v) is 4.37. The van der Waals surface area contributed by atoms with E-state index in [4.69, 9.17) is 0 Å². The zero-order valence-corrected chi connectivity index (χ0v) is 9.24. The van der Waals surface area contributed by atoms with Crippen LogP contribution in [-0.2, 0) is 0 Å². The Morgan fingerprint density at radius 1 is 0.889 bits per heavy atom. The molecule has 0 fully saturated rings. The van der Waals surface area contributed by atoms with Crippen LogP contribution in [0.4, 0.5) is 0 Å². The maximum absolute atomic E-state index is 2.29. The predicted molar refractivity (Wildman–Crippen MR) is 45.2 cm³/mol. The fraction of sp³-hybridized carbons (Fsp3) is 1.00. The molecule has 0 heterocycles. The molecule has 0 aliphatic carbocycles. The summed E-state index contributed by atoms with van der Waals surface area (Å²) in [5.41, 5.74) is 0. The van der Waals surface area contributed by atoms with Crippen LogP contribution in [-0.4, -0.2) is 21.6 Å². The monoisotopic (exact) mass is 235 g/mol. The summed E-state index contributed by atoms with van der Waals surface area (Å²) < 4.78 is 3.21. The molecule has 55 valence electrons. The van der Waals surface area contributed by atoms with Gasteiger partial charge in [-0.05, 0) is 0 Å². The van der Waals surface area contributed by atoms with E-state index in [2.05, 4.69) is 13.8 Å². The van der Waals surface area contributed by atoms with E-state index in [-0.39, 0.29) is 0 Å². The molecule has 0 aromatic heterocycles. The third-order valence-corrected chi connectivity index (χ3v) is 4.95. The van der Waals surface area contributed by atoms with Crippen LogP contribution in [0.3, 0.4) is 0 Å². The number of unbranched alkanes of at least 4 members (excludes halogenated alkanes) is 2. The van der Waals surface area contributed by atoms with Crippen LogP contribution in [0.15, 0.2) is 0 Å². The molecule has 0 aromatic rings. The van der Waals surface area contributed by atoms with E-state index >= 15 is 0 Å². The Balaban J connectivity index is 2.60. The van der Waals surface area contributed by atoms with Crippen LogP contribution in [0, 0.1) is 0 Å². The van der Waals surface area contributed by atoms with Gasteiger partial charge in [0, 0.05) is 0 Å². The Morgan fingerprint density at radius 3 is 1.67 bits per heavy atom. The zero-order valence-electron chi connectivity index (χ0n) is 6.69. The van der Waals surface area contributed by atoms with Crippen molar-refractivity contribution >= 4 is 21.6 Å². The average Bonchev–Trinajstić information content (AvgIpc) is 1.89. The summed E-state index contributed by atoms with van der Waals surface area (Å²) in [4.78, 5) is 0. The van der Waals surface area contributed by atoms with Gasteiger partial charge in [0.1, 0.15) is 0 Å². The van der Waals surface area contributed by atoms with Crippen LogP contribution < -0.4 is 0 Å². The van der Waals surface area contributed by atoms with Crippen molar-refractivity contribution in [3.8, 4) is 0 Å². The van der Waals surface area contributed by atoms with Gasteiger partial charge in [-0.25, -0.2) is 0 Å². The van der Waals surface area contributed by atoms with E-state index < -0.39 is 0 Å². The summed E-state index contributed by atoms with van der Waals surface area (Å²) in [6, 6.07) is 0. The topological polar surface area (TPSA) is 0 Å². The molecule has 0 amide bonds. The molecule has 9 heavy (non-hydrogen) atoms. The van der Waals surface area contributed by atoms with Crippen LogP contribution in [0.2, 0.25) is 8.73 Å². The first-order valence-corrected chi connectivity index (χ1v) is 7.66. The number of rotatable bonds is 6. The minimum absolute atomic E-state index is 0.304.